The lowest BCUT2D eigenvalue weighted by atomic mass is 10.0. The summed E-state index contributed by atoms with van der Waals surface area (Å²) in [5.74, 6) is 1.11. The quantitative estimate of drug-likeness (QED) is 0.850. The van der Waals surface area contributed by atoms with Gasteiger partial charge in [-0.15, -0.1) is 10.2 Å². The molecule has 4 heteroatoms. The van der Waals surface area contributed by atoms with E-state index in [0.717, 1.165) is 0 Å². The molecule has 2 N–H and O–H groups in total. The Morgan fingerprint density at radius 3 is 2.62 bits per heavy atom. The van der Waals surface area contributed by atoms with Crippen molar-refractivity contribution in [3.05, 3.63) is 46.7 Å². The predicted molar refractivity (Wildman–Crippen MR) is 60.9 cm³/mol. The molecule has 0 radical (unpaired) electrons. The highest BCUT2D eigenvalue weighted by atomic mass is 16.4. The van der Waals surface area contributed by atoms with Gasteiger partial charge in [0.2, 0.25) is 11.8 Å². The van der Waals surface area contributed by atoms with Crippen LogP contribution in [0, 0.1) is 13.8 Å². The highest BCUT2D eigenvalue weighted by molar-refractivity contribution is 5.32. The van der Waals surface area contributed by atoms with Gasteiger partial charge in [-0.05, 0) is 25.0 Å². The largest absolute Gasteiger partial charge is 0.424 e. The molecule has 4 nitrogen and oxygen atoms in total. The fourth-order valence-corrected chi connectivity index (χ4v) is 1.60. The lowest BCUT2D eigenvalue weighted by Gasteiger charge is -2.03. The molecule has 0 spiro atoms. The van der Waals surface area contributed by atoms with Crippen molar-refractivity contribution in [1.82, 2.24) is 10.2 Å². The summed E-state index contributed by atoms with van der Waals surface area (Å²) in [7, 11) is 0. The number of hydrogen-bond acceptors (Lipinski definition) is 4. The highest BCUT2D eigenvalue weighted by Crippen LogP contribution is 2.14. The second kappa shape index (κ2) is 4.45. The number of benzene rings is 1. The summed E-state index contributed by atoms with van der Waals surface area (Å²) in [5.41, 5.74) is 9.10. The zero-order valence-corrected chi connectivity index (χ0v) is 9.53. The Morgan fingerprint density at radius 1 is 1.19 bits per heavy atom. The van der Waals surface area contributed by atoms with Gasteiger partial charge in [-0.25, -0.2) is 0 Å². The SMILES string of the molecule is Cc1ccc(C)c(Cc2nnc(CN)o2)c1. The molecule has 1 aromatic carbocycles. The minimum atomic E-state index is 0.291. The molecule has 0 aliphatic rings. The van der Waals surface area contributed by atoms with Crippen LogP contribution in [-0.4, -0.2) is 10.2 Å². The standard InChI is InChI=1S/C12H15N3O/c1-8-3-4-9(2)10(5-8)6-11-14-15-12(7-13)16-11/h3-5H,6-7,13H2,1-2H3. The van der Waals surface area contributed by atoms with Crippen molar-refractivity contribution < 1.29 is 4.42 Å². The Kier molecular flexibility index (Phi) is 3.01. The molecule has 0 amide bonds. The Hall–Kier alpha value is -1.68. The van der Waals surface area contributed by atoms with E-state index in [1.165, 1.54) is 16.7 Å². The second-order valence-electron chi connectivity index (χ2n) is 3.90. The van der Waals surface area contributed by atoms with E-state index in [-0.39, 0.29) is 0 Å². The molecule has 2 rings (SSSR count). The van der Waals surface area contributed by atoms with Crippen LogP contribution in [0.15, 0.2) is 22.6 Å². The first-order valence-corrected chi connectivity index (χ1v) is 5.26. The van der Waals surface area contributed by atoms with Crippen LogP contribution in [0.1, 0.15) is 28.5 Å². The average Bonchev–Trinajstić information content (AvgIpc) is 2.71. The van der Waals surface area contributed by atoms with Crippen LogP contribution in [0.4, 0.5) is 0 Å². The van der Waals surface area contributed by atoms with Crippen molar-refractivity contribution in [3.8, 4) is 0 Å². The molecule has 0 aliphatic carbocycles. The van der Waals surface area contributed by atoms with Crippen LogP contribution in [-0.2, 0) is 13.0 Å². The van der Waals surface area contributed by atoms with E-state index < -0.39 is 0 Å². The minimum absolute atomic E-state index is 0.291. The zero-order chi connectivity index (χ0) is 11.5. The molecule has 16 heavy (non-hydrogen) atoms. The lowest BCUT2D eigenvalue weighted by molar-refractivity contribution is 0.459. The van der Waals surface area contributed by atoms with Crippen molar-refractivity contribution in [3.63, 3.8) is 0 Å². The van der Waals surface area contributed by atoms with E-state index in [2.05, 4.69) is 42.2 Å². The third-order valence-electron chi connectivity index (χ3n) is 2.53. The van der Waals surface area contributed by atoms with E-state index in [9.17, 15) is 0 Å². The summed E-state index contributed by atoms with van der Waals surface area (Å²) in [6, 6.07) is 6.34. The Balaban J connectivity index is 2.22. The van der Waals surface area contributed by atoms with Gasteiger partial charge in [0.1, 0.15) is 0 Å². The first-order valence-electron chi connectivity index (χ1n) is 5.26. The predicted octanol–water partition coefficient (Wildman–Crippen LogP) is 1.74. The van der Waals surface area contributed by atoms with Crippen LogP contribution in [0.5, 0.6) is 0 Å². The van der Waals surface area contributed by atoms with Gasteiger partial charge in [0.15, 0.2) is 0 Å². The molecule has 0 bridgehead atoms. The third kappa shape index (κ3) is 2.28. The van der Waals surface area contributed by atoms with Crippen LogP contribution in [0.2, 0.25) is 0 Å². The zero-order valence-electron chi connectivity index (χ0n) is 9.53. The summed E-state index contributed by atoms with van der Waals surface area (Å²) in [4.78, 5) is 0. The van der Waals surface area contributed by atoms with Gasteiger partial charge in [0, 0.05) is 0 Å². The minimum Gasteiger partial charge on any atom is -0.424 e. The number of nitrogens with two attached hydrogens (primary N) is 1. The van der Waals surface area contributed by atoms with Gasteiger partial charge < -0.3 is 10.2 Å². The molecule has 0 fully saturated rings. The molecule has 2 aromatic rings. The number of nitrogens with zero attached hydrogens (tertiary/aromatic N) is 2. The fraction of sp³-hybridized carbons (Fsp3) is 0.333. The molecule has 0 saturated carbocycles. The Bertz CT molecular complexity index is 491. The first-order chi connectivity index (χ1) is 7.69. The van der Waals surface area contributed by atoms with Crippen LogP contribution in [0.3, 0.4) is 0 Å². The molecule has 0 atom stereocenters. The Morgan fingerprint density at radius 2 is 1.94 bits per heavy atom. The number of rotatable bonds is 3. The molecule has 84 valence electrons. The maximum Gasteiger partial charge on any atom is 0.230 e. The van der Waals surface area contributed by atoms with Gasteiger partial charge in [0.05, 0.1) is 13.0 Å². The topological polar surface area (TPSA) is 64.9 Å². The summed E-state index contributed by atoms with van der Waals surface area (Å²) < 4.78 is 5.38. The van der Waals surface area contributed by atoms with Gasteiger partial charge in [0.25, 0.3) is 0 Å². The average molecular weight is 217 g/mol. The smallest absolute Gasteiger partial charge is 0.230 e. The molecule has 0 unspecified atom stereocenters. The maximum atomic E-state index is 5.41. The fourth-order valence-electron chi connectivity index (χ4n) is 1.60. The maximum absolute atomic E-state index is 5.41. The first kappa shape index (κ1) is 10.8. The van der Waals surface area contributed by atoms with Crippen LogP contribution in [0.25, 0.3) is 0 Å². The van der Waals surface area contributed by atoms with Crippen LogP contribution >= 0.6 is 0 Å². The summed E-state index contributed by atoms with van der Waals surface area (Å²) in [5, 5.41) is 7.80. The number of aromatic nitrogens is 2. The van der Waals surface area contributed by atoms with E-state index in [1.54, 1.807) is 0 Å². The van der Waals surface area contributed by atoms with E-state index in [0.29, 0.717) is 24.7 Å². The van der Waals surface area contributed by atoms with E-state index >= 15 is 0 Å². The molecular weight excluding hydrogens is 202 g/mol. The van der Waals surface area contributed by atoms with Gasteiger partial charge in [-0.1, -0.05) is 23.8 Å². The number of aryl methyl sites for hydroxylation is 2. The van der Waals surface area contributed by atoms with Gasteiger partial charge in [-0.2, -0.15) is 0 Å². The van der Waals surface area contributed by atoms with E-state index in [4.69, 9.17) is 10.2 Å². The van der Waals surface area contributed by atoms with Crippen molar-refractivity contribution >= 4 is 0 Å². The van der Waals surface area contributed by atoms with Gasteiger partial charge >= 0.3 is 0 Å². The van der Waals surface area contributed by atoms with Gasteiger partial charge in [-0.3, -0.25) is 0 Å². The monoisotopic (exact) mass is 217 g/mol. The molecule has 1 aromatic heterocycles. The molecule has 1 heterocycles. The van der Waals surface area contributed by atoms with Crippen molar-refractivity contribution in [2.24, 2.45) is 5.73 Å². The lowest BCUT2D eigenvalue weighted by Crippen LogP contribution is -1.95. The van der Waals surface area contributed by atoms with Crippen molar-refractivity contribution in [2.75, 3.05) is 0 Å². The molecular formula is C12H15N3O. The Labute approximate surface area is 94.5 Å². The summed E-state index contributed by atoms with van der Waals surface area (Å²) in [6.45, 7) is 4.44. The van der Waals surface area contributed by atoms with Crippen molar-refractivity contribution in [1.29, 1.82) is 0 Å². The van der Waals surface area contributed by atoms with Crippen LogP contribution < -0.4 is 5.73 Å². The second-order valence-corrected chi connectivity index (χ2v) is 3.90. The van der Waals surface area contributed by atoms with E-state index in [1.807, 2.05) is 0 Å². The normalized spacial score (nSPS) is 10.7. The molecule has 0 saturated heterocycles. The summed E-state index contributed by atoms with van der Waals surface area (Å²) >= 11 is 0. The van der Waals surface area contributed by atoms with Crippen molar-refractivity contribution in [2.45, 2.75) is 26.8 Å². The third-order valence-corrected chi connectivity index (χ3v) is 2.53. The number of hydrogen-bond donors (Lipinski definition) is 1. The highest BCUT2D eigenvalue weighted by Gasteiger charge is 2.07. The summed E-state index contributed by atoms with van der Waals surface area (Å²) in [6.07, 6.45) is 0.667. The molecule has 0 aliphatic heterocycles.